The van der Waals surface area contributed by atoms with Crippen molar-refractivity contribution < 1.29 is 9.72 Å². The fourth-order valence-electron chi connectivity index (χ4n) is 4.51. The number of hydrogen-bond donors (Lipinski definition) is 0. The van der Waals surface area contributed by atoms with Gasteiger partial charge in [0, 0.05) is 24.2 Å². The van der Waals surface area contributed by atoms with E-state index in [1.54, 1.807) is 47.4 Å². The van der Waals surface area contributed by atoms with Gasteiger partial charge in [-0.2, -0.15) is 0 Å². The van der Waals surface area contributed by atoms with E-state index in [2.05, 4.69) is 6.92 Å². The van der Waals surface area contributed by atoms with Crippen molar-refractivity contribution in [1.29, 1.82) is 0 Å². The average Bonchev–Trinajstić information content (AvgIpc) is 2.93. The van der Waals surface area contributed by atoms with Gasteiger partial charge in [-0.3, -0.25) is 24.3 Å². The summed E-state index contributed by atoms with van der Waals surface area (Å²) in [4.78, 5) is 44.7. The maximum atomic E-state index is 13.8. The third-order valence-electron chi connectivity index (χ3n) is 6.57. The van der Waals surface area contributed by atoms with Crippen LogP contribution in [0.15, 0.2) is 77.6 Å². The lowest BCUT2D eigenvalue weighted by Crippen LogP contribution is -2.38. The Balaban J connectivity index is 1.85. The van der Waals surface area contributed by atoms with Crippen LogP contribution in [0, 0.1) is 10.1 Å². The number of carbonyl (C=O) groups excluding carboxylic acids is 1. The maximum absolute atomic E-state index is 13.8. The molecule has 38 heavy (non-hydrogen) atoms. The van der Waals surface area contributed by atoms with Crippen molar-refractivity contribution in [2.24, 2.45) is 0 Å². The second-order valence-electron chi connectivity index (χ2n) is 9.12. The van der Waals surface area contributed by atoms with Gasteiger partial charge in [-0.1, -0.05) is 62.1 Å². The molecule has 9 heteroatoms. The Morgan fingerprint density at radius 3 is 2.39 bits per heavy atom. The minimum atomic E-state index is -0.604. The Bertz CT molecular complexity index is 1520. The van der Waals surface area contributed by atoms with E-state index in [0.29, 0.717) is 39.5 Å². The fraction of sp³-hybridized carbons (Fsp3) is 0.276. The molecular formula is C29H29ClN4O4. The summed E-state index contributed by atoms with van der Waals surface area (Å²) < 4.78 is 1.48. The maximum Gasteiger partial charge on any atom is 0.269 e. The smallest absolute Gasteiger partial charge is 0.269 e. The Morgan fingerprint density at radius 2 is 1.71 bits per heavy atom. The number of nitrogens with zero attached hydrogens (tertiary/aromatic N) is 4. The van der Waals surface area contributed by atoms with Gasteiger partial charge in [-0.05, 0) is 49.7 Å². The highest BCUT2D eigenvalue weighted by Gasteiger charge is 2.28. The van der Waals surface area contributed by atoms with Crippen molar-refractivity contribution in [3.8, 4) is 5.69 Å². The van der Waals surface area contributed by atoms with Gasteiger partial charge in [0.2, 0.25) is 0 Å². The first-order chi connectivity index (χ1) is 18.3. The Hall–Kier alpha value is -4.04. The van der Waals surface area contributed by atoms with E-state index in [1.165, 1.54) is 28.8 Å². The van der Waals surface area contributed by atoms with Crippen LogP contribution < -0.4 is 5.56 Å². The third kappa shape index (κ3) is 5.60. The number of benzene rings is 3. The first-order valence-electron chi connectivity index (χ1n) is 12.7. The van der Waals surface area contributed by atoms with Gasteiger partial charge in [0.1, 0.15) is 5.82 Å². The molecular weight excluding hydrogens is 504 g/mol. The highest BCUT2D eigenvalue weighted by molar-refractivity contribution is 6.32. The zero-order chi connectivity index (χ0) is 27.2. The summed E-state index contributed by atoms with van der Waals surface area (Å²) in [5.74, 6) is 0.0876. The number of fused-ring (bicyclic) bond motifs is 1. The number of hydrogen-bond acceptors (Lipinski definition) is 5. The van der Waals surface area contributed by atoms with E-state index in [1.807, 2.05) is 13.0 Å². The van der Waals surface area contributed by atoms with Gasteiger partial charge >= 0.3 is 0 Å². The van der Waals surface area contributed by atoms with Crippen molar-refractivity contribution in [3.63, 3.8) is 0 Å². The van der Waals surface area contributed by atoms with Crippen molar-refractivity contribution in [2.75, 3.05) is 6.54 Å². The molecule has 196 valence electrons. The summed E-state index contributed by atoms with van der Waals surface area (Å²) in [6.45, 7) is 4.39. The molecule has 8 nitrogen and oxygen atoms in total. The highest BCUT2D eigenvalue weighted by atomic mass is 35.5. The number of nitro groups is 1. The predicted molar refractivity (Wildman–Crippen MR) is 149 cm³/mol. The number of unbranched alkanes of at least 4 members (excludes halogenated alkanes) is 3. The molecule has 0 saturated heterocycles. The van der Waals surface area contributed by atoms with E-state index >= 15 is 0 Å². The number of carbonyl (C=O) groups is 1. The molecule has 3 aromatic carbocycles. The van der Waals surface area contributed by atoms with E-state index in [9.17, 15) is 19.7 Å². The van der Waals surface area contributed by atoms with Crippen LogP contribution in [0.2, 0.25) is 5.02 Å². The molecule has 0 aliphatic carbocycles. The molecule has 4 rings (SSSR count). The first-order valence-corrected chi connectivity index (χ1v) is 13.0. The van der Waals surface area contributed by atoms with Crippen LogP contribution in [0.3, 0.4) is 0 Å². The summed E-state index contributed by atoms with van der Waals surface area (Å²) in [5.41, 5.74) is 0.960. The normalized spacial score (nSPS) is 11.9. The summed E-state index contributed by atoms with van der Waals surface area (Å²) >= 11 is 6.53. The Morgan fingerprint density at radius 1 is 1.03 bits per heavy atom. The van der Waals surface area contributed by atoms with Gasteiger partial charge in [0.15, 0.2) is 0 Å². The van der Waals surface area contributed by atoms with Crippen molar-refractivity contribution in [2.45, 2.75) is 45.6 Å². The van der Waals surface area contributed by atoms with Crippen LogP contribution in [0.4, 0.5) is 5.69 Å². The second kappa shape index (κ2) is 12.0. The van der Waals surface area contributed by atoms with E-state index in [0.717, 1.165) is 25.7 Å². The SMILES string of the molecule is CCCCCCN(C(=O)c1ccc([N+](=O)[O-])cc1)C(C)c1nc2ccccc2c(=O)n1-c1ccccc1Cl. The molecule has 0 aliphatic rings. The van der Waals surface area contributed by atoms with Crippen molar-refractivity contribution >= 4 is 34.1 Å². The number of non-ortho nitro benzene ring substituents is 1. The zero-order valence-corrected chi connectivity index (χ0v) is 22.1. The number of amides is 1. The fourth-order valence-corrected chi connectivity index (χ4v) is 4.73. The molecule has 1 atom stereocenters. The van der Waals surface area contributed by atoms with E-state index < -0.39 is 11.0 Å². The van der Waals surface area contributed by atoms with E-state index in [4.69, 9.17) is 16.6 Å². The molecule has 0 N–H and O–H groups in total. The molecule has 1 aromatic heterocycles. The van der Waals surface area contributed by atoms with Crippen LogP contribution >= 0.6 is 11.6 Å². The summed E-state index contributed by atoms with van der Waals surface area (Å²) in [6, 6.07) is 19.1. The van der Waals surface area contributed by atoms with Crippen molar-refractivity contribution in [1.82, 2.24) is 14.5 Å². The number of halogens is 1. The monoisotopic (exact) mass is 532 g/mol. The minimum Gasteiger partial charge on any atom is -0.329 e. The molecule has 4 aromatic rings. The van der Waals surface area contributed by atoms with Crippen LogP contribution in [-0.2, 0) is 0 Å². The summed E-state index contributed by atoms with van der Waals surface area (Å²) in [7, 11) is 0. The molecule has 0 bridgehead atoms. The van der Waals surface area contributed by atoms with Gasteiger partial charge in [0.25, 0.3) is 17.2 Å². The summed E-state index contributed by atoms with van der Waals surface area (Å²) in [6.07, 6.45) is 3.78. The molecule has 0 aliphatic heterocycles. The van der Waals surface area contributed by atoms with Crippen LogP contribution in [0.5, 0.6) is 0 Å². The lowest BCUT2D eigenvalue weighted by molar-refractivity contribution is -0.384. The molecule has 1 heterocycles. The van der Waals surface area contributed by atoms with Crippen LogP contribution in [0.1, 0.15) is 61.8 Å². The molecule has 0 radical (unpaired) electrons. The molecule has 0 spiro atoms. The average molecular weight is 533 g/mol. The second-order valence-corrected chi connectivity index (χ2v) is 9.53. The molecule has 1 unspecified atom stereocenters. The largest absolute Gasteiger partial charge is 0.329 e. The molecule has 0 fully saturated rings. The third-order valence-corrected chi connectivity index (χ3v) is 6.89. The number of para-hydroxylation sites is 2. The lowest BCUT2D eigenvalue weighted by atomic mass is 10.1. The van der Waals surface area contributed by atoms with Gasteiger partial charge < -0.3 is 4.90 Å². The first kappa shape index (κ1) is 27.0. The van der Waals surface area contributed by atoms with Gasteiger partial charge in [-0.25, -0.2) is 4.98 Å². The minimum absolute atomic E-state index is 0.0900. The van der Waals surface area contributed by atoms with Gasteiger partial charge in [-0.15, -0.1) is 0 Å². The number of nitro benzene ring substituents is 1. The molecule has 1 amide bonds. The Kier molecular flexibility index (Phi) is 8.53. The number of rotatable bonds is 10. The standard InChI is InChI=1S/C29H29ClN4O4/c1-3-4-5-10-19-32(28(35)21-15-17-22(18-16-21)34(37)38)20(2)27-31-25-13-8-6-11-23(25)29(36)33(27)26-14-9-7-12-24(26)30/h6-9,11-18,20H,3-5,10,19H2,1-2H3. The quantitative estimate of drug-likeness (QED) is 0.128. The highest BCUT2D eigenvalue weighted by Crippen LogP contribution is 2.28. The topological polar surface area (TPSA) is 98.3 Å². The number of aromatic nitrogens is 2. The van der Waals surface area contributed by atoms with Gasteiger partial charge in [0.05, 0.1) is 32.6 Å². The Labute approximate surface area is 225 Å². The van der Waals surface area contributed by atoms with Crippen molar-refractivity contribution in [3.05, 3.63) is 110 Å². The zero-order valence-electron chi connectivity index (χ0n) is 21.3. The van der Waals surface area contributed by atoms with E-state index in [-0.39, 0.29) is 17.2 Å². The van der Waals surface area contributed by atoms with Crippen LogP contribution in [0.25, 0.3) is 16.6 Å². The van der Waals surface area contributed by atoms with Crippen LogP contribution in [-0.4, -0.2) is 31.8 Å². The lowest BCUT2D eigenvalue weighted by Gasteiger charge is -2.31. The summed E-state index contributed by atoms with van der Waals surface area (Å²) in [5, 5.41) is 11.9. The molecule has 0 saturated carbocycles. The predicted octanol–water partition coefficient (Wildman–Crippen LogP) is 6.73.